The molecule has 0 aliphatic carbocycles. The lowest BCUT2D eigenvalue weighted by atomic mass is 10.3. The van der Waals surface area contributed by atoms with Crippen molar-refractivity contribution in [2.45, 2.75) is 12.7 Å². The van der Waals surface area contributed by atoms with Crippen LogP contribution < -0.4 is 10.1 Å². The lowest BCUT2D eigenvalue weighted by Crippen LogP contribution is -2.40. The van der Waals surface area contributed by atoms with Crippen molar-refractivity contribution in [2.75, 3.05) is 27.2 Å². The Morgan fingerprint density at radius 3 is 2.65 bits per heavy atom. The average Bonchev–Trinajstić information content (AvgIpc) is 2.99. The van der Waals surface area contributed by atoms with Gasteiger partial charge in [0.2, 0.25) is 5.88 Å². The van der Waals surface area contributed by atoms with Gasteiger partial charge in [0, 0.05) is 51.7 Å². The summed E-state index contributed by atoms with van der Waals surface area (Å²) < 4.78 is 44.5. The minimum absolute atomic E-state index is 0.138. The molecular formula is C16H21F3N6O. The van der Waals surface area contributed by atoms with E-state index < -0.39 is 11.7 Å². The van der Waals surface area contributed by atoms with Crippen LogP contribution in [0.25, 0.3) is 0 Å². The van der Waals surface area contributed by atoms with Gasteiger partial charge < -0.3 is 15.0 Å². The second kappa shape index (κ2) is 8.54. The third kappa shape index (κ3) is 5.64. The van der Waals surface area contributed by atoms with Crippen molar-refractivity contribution in [2.24, 2.45) is 12.0 Å². The summed E-state index contributed by atoms with van der Waals surface area (Å²) in [5, 5.41) is 7.24. The molecule has 10 heteroatoms. The molecule has 0 spiro atoms. The van der Waals surface area contributed by atoms with Gasteiger partial charge in [-0.15, -0.1) is 0 Å². The maximum Gasteiger partial charge on any atom is 0.417 e. The molecule has 0 aliphatic heterocycles. The van der Waals surface area contributed by atoms with Gasteiger partial charge >= 0.3 is 6.18 Å². The molecule has 0 saturated carbocycles. The number of nitrogens with one attached hydrogen (secondary N) is 1. The molecule has 142 valence electrons. The van der Waals surface area contributed by atoms with Crippen LogP contribution >= 0.6 is 0 Å². The number of guanidine groups is 1. The van der Waals surface area contributed by atoms with E-state index >= 15 is 0 Å². The Bertz CT molecular complexity index is 726. The van der Waals surface area contributed by atoms with Gasteiger partial charge in [-0.05, 0) is 6.07 Å². The minimum Gasteiger partial charge on any atom is -0.476 e. The molecular weight excluding hydrogens is 349 g/mol. The minimum atomic E-state index is -4.40. The number of aliphatic imine (C=N–C) groups is 1. The molecule has 2 heterocycles. The number of aromatic nitrogens is 3. The fourth-order valence-corrected chi connectivity index (χ4v) is 2.24. The highest BCUT2D eigenvalue weighted by molar-refractivity contribution is 5.79. The second-order valence-electron chi connectivity index (χ2n) is 5.58. The van der Waals surface area contributed by atoms with Crippen molar-refractivity contribution in [1.29, 1.82) is 0 Å². The zero-order chi connectivity index (χ0) is 19.2. The third-order valence-electron chi connectivity index (χ3n) is 3.45. The van der Waals surface area contributed by atoms with Crippen molar-refractivity contribution in [3.8, 4) is 5.88 Å². The number of hydrogen-bond acceptors (Lipinski definition) is 4. The number of halogens is 3. The molecule has 0 saturated heterocycles. The zero-order valence-electron chi connectivity index (χ0n) is 14.8. The van der Waals surface area contributed by atoms with Gasteiger partial charge in [0.25, 0.3) is 0 Å². The molecule has 0 unspecified atom stereocenters. The van der Waals surface area contributed by atoms with E-state index in [0.717, 1.165) is 17.8 Å². The van der Waals surface area contributed by atoms with Crippen molar-refractivity contribution in [3.63, 3.8) is 0 Å². The van der Waals surface area contributed by atoms with Gasteiger partial charge in [0.1, 0.15) is 6.61 Å². The summed E-state index contributed by atoms with van der Waals surface area (Å²) in [5.74, 6) is 0.802. The Hall–Kier alpha value is -2.78. The first-order valence-electron chi connectivity index (χ1n) is 7.85. The van der Waals surface area contributed by atoms with Gasteiger partial charge in [-0.25, -0.2) is 4.98 Å². The molecule has 26 heavy (non-hydrogen) atoms. The van der Waals surface area contributed by atoms with Crippen molar-refractivity contribution in [1.82, 2.24) is 25.0 Å². The predicted molar refractivity (Wildman–Crippen MR) is 90.8 cm³/mol. The van der Waals surface area contributed by atoms with E-state index in [1.807, 2.05) is 25.2 Å². The van der Waals surface area contributed by atoms with Gasteiger partial charge in [0.05, 0.1) is 18.3 Å². The summed E-state index contributed by atoms with van der Waals surface area (Å²) in [6.07, 6.45) is 0.0497. The summed E-state index contributed by atoms with van der Waals surface area (Å²) in [7, 11) is 5.41. The van der Waals surface area contributed by atoms with E-state index in [2.05, 4.69) is 20.4 Å². The fraction of sp³-hybridized carbons (Fsp3) is 0.438. The SMILES string of the molecule is CN=C(NCCOc1ccc(C(F)(F)F)cn1)N(C)Cc1cnn(C)c1. The Balaban J connectivity index is 1.77. The molecule has 0 aliphatic rings. The van der Waals surface area contributed by atoms with E-state index in [1.165, 1.54) is 6.07 Å². The largest absolute Gasteiger partial charge is 0.476 e. The number of aryl methyl sites for hydroxylation is 1. The van der Waals surface area contributed by atoms with Crippen molar-refractivity contribution in [3.05, 3.63) is 41.9 Å². The van der Waals surface area contributed by atoms with E-state index in [9.17, 15) is 13.2 Å². The van der Waals surface area contributed by atoms with Crippen LogP contribution in [-0.2, 0) is 19.8 Å². The second-order valence-corrected chi connectivity index (χ2v) is 5.58. The quantitative estimate of drug-likeness (QED) is 0.478. The average molecular weight is 370 g/mol. The Kier molecular flexibility index (Phi) is 6.42. The fourth-order valence-electron chi connectivity index (χ4n) is 2.24. The van der Waals surface area contributed by atoms with Crippen LogP contribution in [-0.4, -0.2) is 52.9 Å². The van der Waals surface area contributed by atoms with Crippen LogP contribution in [0.5, 0.6) is 5.88 Å². The number of nitrogens with zero attached hydrogens (tertiary/aromatic N) is 5. The highest BCUT2D eigenvalue weighted by Crippen LogP contribution is 2.29. The first-order chi connectivity index (χ1) is 12.3. The van der Waals surface area contributed by atoms with E-state index in [1.54, 1.807) is 17.9 Å². The molecule has 0 aromatic carbocycles. The van der Waals surface area contributed by atoms with Gasteiger partial charge in [-0.2, -0.15) is 18.3 Å². The van der Waals surface area contributed by atoms with E-state index in [4.69, 9.17) is 4.74 Å². The number of alkyl halides is 3. The first kappa shape index (κ1) is 19.5. The summed E-state index contributed by atoms with van der Waals surface area (Å²) in [6.45, 7) is 1.29. The number of rotatable bonds is 6. The zero-order valence-corrected chi connectivity index (χ0v) is 14.8. The normalized spacial score (nSPS) is 12.2. The van der Waals surface area contributed by atoms with Crippen molar-refractivity contribution < 1.29 is 17.9 Å². The van der Waals surface area contributed by atoms with Crippen LogP contribution in [0.15, 0.2) is 35.7 Å². The van der Waals surface area contributed by atoms with Gasteiger partial charge in [0.15, 0.2) is 5.96 Å². The molecule has 0 bridgehead atoms. The molecule has 7 nitrogen and oxygen atoms in total. The molecule has 0 fully saturated rings. The smallest absolute Gasteiger partial charge is 0.417 e. The third-order valence-corrected chi connectivity index (χ3v) is 3.45. The lowest BCUT2D eigenvalue weighted by Gasteiger charge is -2.21. The summed E-state index contributed by atoms with van der Waals surface area (Å²) >= 11 is 0. The van der Waals surface area contributed by atoms with E-state index in [-0.39, 0.29) is 12.5 Å². The van der Waals surface area contributed by atoms with Crippen LogP contribution in [0.2, 0.25) is 0 Å². The molecule has 0 atom stereocenters. The Labute approximate surface area is 149 Å². The first-order valence-corrected chi connectivity index (χ1v) is 7.85. The summed E-state index contributed by atoms with van der Waals surface area (Å²) in [4.78, 5) is 9.76. The highest BCUT2D eigenvalue weighted by Gasteiger charge is 2.30. The van der Waals surface area contributed by atoms with Crippen molar-refractivity contribution >= 4 is 5.96 Å². The highest BCUT2D eigenvalue weighted by atomic mass is 19.4. The Morgan fingerprint density at radius 1 is 1.35 bits per heavy atom. The number of ether oxygens (including phenoxy) is 1. The van der Waals surface area contributed by atoms with Crippen LogP contribution in [0.1, 0.15) is 11.1 Å². The molecule has 0 amide bonds. The number of hydrogen-bond donors (Lipinski definition) is 1. The molecule has 2 aromatic heterocycles. The van der Waals surface area contributed by atoms with Crippen LogP contribution in [0.4, 0.5) is 13.2 Å². The molecule has 2 aromatic rings. The summed E-state index contributed by atoms with van der Waals surface area (Å²) in [6, 6.07) is 2.14. The van der Waals surface area contributed by atoms with Crippen LogP contribution in [0.3, 0.4) is 0 Å². The Morgan fingerprint density at radius 2 is 2.12 bits per heavy atom. The maximum absolute atomic E-state index is 12.5. The molecule has 2 rings (SSSR count). The topological polar surface area (TPSA) is 67.6 Å². The molecule has 1 N–H and O–H groups in total. The van der Waals surface area contributed by atoms with Crippen LogP contribution in [0, 0.1) is 0 Å². The van der Waals surface area contributed by atoms with Gasteiger partial charge in [-0.3, -0.25) is 9.67 Å². The molecule has 0 radical (unpaired) electrons. The monoisotopic (exact) mass is 370 g/mol. The standard InChI is InChI=1S/C16H21F3N6O/c1-20-15(24(2)10-12-8-23-25(3)11-12)21-6-7-26-14-5-4-13(9-22-14)16(17,18)19/h4-5,8-9,11H,6-7,10H2,1-3H3,(H,20,21). The van der Waals surface area contributed by atoms with E-state index in [0.29, 0.717) is 19.0 Å². The number of pyridine rings is 1. The summed E-state index contributed by atoms with van der Waals surface area (Å²) in [5.41, 5.74) is 0.239. The maximum atomic E-state index is 12.5. The predicted octanol–water partition coefficient (Wildman–Crippen LogP) is 1.92. The lowest BCUT2D eigenvalue weighted by molar-refractivity contribution is -0.137. The van der Waals surface area contributed by atoms with Gasteiger partial charge in [-0.1, -0.05) is 0 Å².